The summed E-state index contributed by atoms with van der Waals surface area (Å²) < 4.78 is 40.7. The molecule has 0 aromatic rings. The number of hydrogen-bond acceptors (Lipinski definition) is 3. The number of carbonyl (C=O) groups is 2. The van der Waals surface area contributed by atoms with Crippen LogP contribution in [0.1, 0.15) is 32.6 Å². The lowest BCUT2D eigenvalue weighted by Crippen LogP contribution is -2.50. The molecule has 0 radical (unpaired) electrons. The number of carbonyl (C=O) groups excluding carboxylic acids is 2. The molecule has 0 aromatic heterocycles. The first-order chi connectivity index (χ1) is 10.3. The van der Waals surface area contributed by atoms with E-state index in [9.17, 15) is 22.8 Å². The maximum Gasteiger partial charge on any atom is 0.411 e. The predicted molar refractivity (Wildman–Crippen MR) is 72.0 cm³/mol. The Morgan fingerprint density at radius 3 is 2.14 bits per heavy atom. The van der Waals surface area contributed by atoms with Crippen LogP contribution in [0.15, 0.2) is 0 Å². The van der Waals surface area contributed by atoms with E-state index >= 15 is 0 Å². The van der Waals surface area contributed by atoms with Crippen molar-refractivity contribution >= 4 is 11.8 Å². The lowest BCUT2D eigenvalue weighted by Gasteiger charge is -2.38. The van der Waals surface area contributed by atoms with Crippen molar-refractivity contribution in [3.05, 3.63) is 0 Å². The van der Waals surface area contributed by atoms with Crippen LogP contribution in [0.4, 0.5) is 13.2 Å². The van der Waals surface area contributed by atoms with Gasteiger partial charge in [0, 0.05) is 32.1 Å². The van der Waals surface area contributed by atoms with Crippen LogP contribution >= 0.6 is 0 Å². The molecule has 2 amide bonds. The largest absolute Gasteiger partial charge is 0.411 e. The Balaban J connectivity index is 1.85. The highest BCUT2D eigenvalue weighted by Crippen LogP contribution is 2.32. The molecule has 22 heavy (non-hydrogen) atoms. The number of ether oxygens (including phenoxy) is 1. The normalized spacial score (nSPS) is 20.1. The molecule has 0 N–H and O–H groups in total. The maximum atomic E-state index is 12.2. The molecule has 8 heteroatoms. The van der Waals surface area contributed by atoms with Gasteiger partial charge < -0.3 is 14.5 Å². The summed E-state index contributed by atoms with van der Waals surface area (Å²) in [7, 11) is 0. The number of likely N-dealkylation sites (tertiary alicyclic amines) is 1. The lowest BCUT2D eigenvalue weighted by molar-refractivity contribution is -0.178. The van der Waals surface area contributed by atoms with Crippen molar-refractivity contribution in [3.8, 4) is 0 Å². The average Bonchev–Trinajstić information content (AvgIpc) is 3.22. The summed E-state index contributed by atoms with van der Waals surface area (Å²) in [5.74, 6) is -0.371. The van der Waals surface area contributed by atoms with E-state index in [0.29, 0.717) is 25.9 Å². The summed E-state index contributed by atoms with van der Waals surface area (Å²) in [6, 6.07) is 0.112. The molecule has 1 heterocycles. The van der Waals surface area contributed by atoms with E-state index in [1.165, 1.54) is 6.92 Å². The van der Waals surface area contributed by atoms with E-state index in [1.807, 2.05) is 0 Å². The number of rotatable bonds is 5. The first kappa shape index (κ1) is 17.1. The molecule has 5 nitrogen and oxygen atoms in total. The molecular formula is C14H21F3N2O3. The van der Waals surface area contributed by atoms with Crippen LogP contribution in [0.2, 0.25) is 0 Å². The zero-order chi connectivity index (χ0) is 16.3. The molecule has 1 aliphatic carbocycles. The van der Waals surface area contributed by atoms with Crippen LogP contribution in [0.3, 0.4) is 0 Å². The number of nitrogens with zero attached hydrogens (tertiary/aromatic N) is 2. The summed E-state index contributed by atoms with van der Waals surface area (Å²) in [6.45, 7) is 0.734. The molecule has 126 valence electrons. The number of hydrogen-bond donors (Lipinski definition) is 0. The molecular weight excluding hydrogens is 301 g/mol. The molecule has 2 aliphatic rings. The molecule has 0 unspecified atom stereocenters. The molecule has 1 saturated carbocycles. The van der Waals surface area contributed by atoms with Crippen molar-refractivity contribution < 1.29 is 27.5 Å². The molecule has 0 bridgehead atoms. The third-order valence-electron chi connectivity index (χ3n) is 4.02. The first-order valence-corrected chi connectivity index (χ1v) is 7.49. The summed E-state index contributed by atoms with van der Waals surface area (Å²) in [4.78, 5) is 26.9. The zero-order valence-electron chi connectivity index (χ0n) is 12.6. The van der Waals surface area contributed by atoms with E-state index in [0.717, 1.165) is 12.8 Å². The second kappa shape index (κ2) is 6.85. The molecule has 1 aliphatic heterocycles. The van der Waals surface area contributed by atoms with Crippen molar-refractivity contribution in [2.45, 2.75) is 50.9 Å². The molecule has 0 spiro atoms. The van der Waals surface area contributed by atoms with Gasteiger partial charge in [-0.15, -0.1) is 0 Å². The van der Waals surface area contributed by atoms with Gasteiger partial charge in [-0.25, -0.2) is 0 Å². The zero-order valence-corrected chi connectivity index (χ0v) is 12.6. The fourth-order valence-electron chi connectivity index (χ4n) is 2.85. The Bertz CT molecular complexity index is 416. The second-order valence-corrected chi connectivity index (χ2v) is 5.88. The Kier molecular flexibility index (Phi) is 5.31. The second-order valence-electron chi connectivity index (χ2n) is 5.88. The van der Waals surface area contributed by atoms with Gasteiger partial charge in [0.2, 0.25) is 11.8 Å². The van der Waals surface area contributed by atoms with Crippen LogP contribution in [-0.4, -0.2) is 66.2 Å². The van der Waals surface area contributed by atoms with Crippen molar-refractivity contribution in [1.29, 1.82) is 0 Å². The summed E-state index contributed by atoms with van der Waals surface area (Å²) in [5, 5.41) is 0. The number of amides is 2. The molecule has 0 aromatic carbocycles. The quantitative estimate of drug-likeness (QED) is 0.772. The van der Waals surface area contributed by atoms with Crippen molar-refractivity contribution in [2.75, 3.05) is 26.3 Å². The minimum Gasteiger partial charge on any atom is -0.362 e. The maximum absolute atomic E-state index is 12.2. The monoisotopic (exact) mass is 322 g/mol. The smallest absolute Gasteiger partial charge is 0.362 e. The Morgan fingerprint density at radius 2 is 1.68 bits per heavy atom. The predicted octanol–water partition coefficient (Wildman–Crippen LogP) is 1.57. The van der Waals surface area contributed by atoms with E-state index in [4.69, 9.17) is 0 Å². The highest BCUT2D eigenvalue weighted by atomic mass is 19.4. The molecule has 2 rings (SSSR count). The van der Waals surface area contributed by atoms with Gasteiger partial charge in [0.15, 0.2) is 0 Å². The summed E-state index contributed by atoms with van der Waals surface area (Å²) in [5.41, 5.74) is 0. The van der Waals surface area contributed by atoms with Gasteiger partial charge in [0.1, 0.15) is 13.2 Å². The van der Waals surface area contributed by atoms with Crippen molar-refractivity contribution in [1.82, 2.24) is 9.80 Å². The number of piperidine rings is 1. The fourth-order valence-corrected chi connectivity index (χ4v) is 2.85. The molecule has 0 atom stereocenters. The van der Waals surface area contributed by atoms with Crippen LogP contribution < -0.4 is 0 Å². The average molecular weight is 322 g/mol. The van der Waals surface area contributed by atoms with Gasteiger partial charge in [-0.05, 0) is 25.7 Å². The highest BCUT2D eigenvalue weighted by molar-refractivity contribution is 5.78. The van der Waals surface area contributed by atoms with Gasteiger partial charge >= 0.3 is 6.18 Å². The van der Waals surface area contributed by atoms with Crippen LogP contribution in [-0.2, 0) is 14.3 Å². The standard InChI is InChI=1S/C14H21F3N2O3/c1-10(20)18-6-4-12(5-7-18)19(11-2-3-11)13(21)8-22-9-14(15,16)17/h11-12H,2-9H2,1H3. The third kappa shape index (κ3) is 4.86. The highest BCUT2D eigenvalue weighted by Gasteiger charge is 2.39. The van der Waals surface area contributed by atoms with Crippen LogP contribution in [0, 0.1) is 0 Å². The SMILES string of the molecule is CC(=O)N1CCC(N(C(=O)COCC(F)(F)F)C2CC2)CC1. The van der Waals surface area contributed by atoms with Gasteiger partial charge in [-0.2, -0.15) is 13.2 Å². The van der Waals surface area contributed by atoms with Gasteiger partial charge in [0.05, 0.1) is 0 Å². The van der Waals surface area contributed by atoms with E-state index in [2.05, 4.69) is 4.74 Å². The Hall–Kier alpha value is -1.31. The minimum absolute atomic E-state index is 0.00918. The molecule has 1 saturated heterocycles. The van der Waals surface area contributed by atoms with Crippen LogP contribution in [0.5, 0.6) is 0 Å². The van der Waals surface area contributed by atoms with E-state index in [-0.39, 0.29) is 23.9 Å². The minimum atomic E-state index is -4.42. The fraction of sp³-hybridized carbons (Fsp3) is 0.857. The lowest BCUT2D eigenvalue weighted by atomic mass is 10.0. The number of halogens is 3. The van der Waals surface area contributed by atoms with Crippen molar-refractivity contribution in [3.63, 3.8) is 0 Å². The van der Waals surface area contributed by atoms with Crippen LogP contribution in [0.25, 0.3) is 0 Å². The van der Waals surface area contributed by atoms with Gasteiger partial charge in [-0.1, -0.05) is 0 Å². The third-order valence-corrected chi connectivity index (χ3v) is 4.02. The topological polar surface area (TPSA) is 49.9 Å². The van der Waals surface area contributed by atoms with Gasteiger partial charge in [-0.3, -0.25) is 9.59 Å². The van der Waals surface area contributed by atoms with E-state index < -0.39 is 19.4 Å². The Labute approximate surface area is 127 Å². The summed E-state index contributed by atoms with van der Waals surface area (Å²) >= 11 is 0. The van der Waals surface area contributed by atoms with E-state index in [1.54, 1.807) is 9.80 Å². The summed E-state index contributed by atoms with van der Waals surface area (Å²) in [6.07, 6.45) is -1.31. The Morgan fingerprint density at radius 1 is 1.14 bits per heavy atom. The van der Waals surface area contributed by atoms with Gasteiger partial charge in [0.25, 0.3) is 0 Å². The first-order valence-electron chi connectivity index (χ1n) is 7.49. The number of alkyl halides is 3. The van der Waals surface area contributed by atoms with Crippen molar-refractivity contribution in [2.24, 2.45) is 0 Å². The molecule has 2 fully saturated rings.